The van der Waals surface area contributed by atoms with Gasteiger partial charge in [-0.05, 0) is 0 Å². The summed E-state index contributed by atoms with van der Waals surface area (Å²) in [6.45, 7) is 0. The molecule has 0 bridgehead atoms. The minimum atomic E-state index is -4.76. The molecule has 0 atom stereocenters. The molecule has 0 fully saturated rings. The average Bonchev–Trinajstić information content (AvgIpc) is 2.23. The van der Waals surface area contributed by atoms with Gasteiger partial charge in [0.05, 0.1) is 0 Å². The normalized spacial score (nSPS) is 12.2. The van der Waals surface area contributed by atoms with Crippen LogP contribution in [0.25, 0.3) is 0 Å². The molecule has 0 N–H and O–H groups in total. The molecule has 0 aliphatic rings. The van der Waals surface area contributed by atoms with Crippen LogP contribution in [0.4, 0.5) is 22.0 Å². The molecule has 1 aromatic carbocycles. The van der Waals surface area contributed by atoms with Gasteiger partial charge < -0.3 is 0 Å². The first kappa shape index (κ1) is 13.8. The van der Waals surface area contributed by atoms with Gasteiger partial charge in [0, 0.05) is 14.1 Å². The van der Waals surface area contributed by atoms with Gasteiger partial charge in [0.1, 0.15) is 0 Å². The van der Waals surface area contributed by atoms with Crippen molar-refractivity contribution in [3.63, 3.8) is 0 Å². The quantitative estimate of drug-likeness (QED) is 0.467. The molecular formula is C8H6F5NO2S. The first-order valence-corrected chi connectivity index (χ1v) is 5.50. The zero-order valence-electron chi connectivity index (χ0n) is 8.56. The predicted molar refractivity (Wildman–Crippen MR) is 47.1 cm³/mol. The highest BCUT2D eigenvalue weighted by Crippen LogP contribution is 2.27. The van der Waals surface area contributed by atoms with Gasteiger partial charge >= 0.3 is 0 Å². The highest BCUT2D eigenvalue weighted by atomic mass is 32.2. The van der Waals surface area contributed by atoms with Crippen LogP contribution in [0.15, 0.2) is 4.90 Å². The maximum atomic E-state index is 13.1. The van der Waals surface area contributed by atoms with Gasteiger partial charge in [0.25, 0.3) is 0 Å². The first-order chi connectivity index (χ1) is 7.62. The van der Waals surface area contributed by atoms with Crippen molar-refractivity contribution in [1.29, 1.82) is 0 Å². The second-order valence-electron chi connectivity index (χ2n) is 3.19. The Bertz CT molecular complexity index is 541. The van der Waals surface area contributed by atoms with Crippen LogP contribution in [0, 0.1) is 29.1 Å². The minimum absolute atomic E-state index is 0.339. The highest BCUT2D eigenvalue weighted by Gasteiger charge is 2.34. The summed E-state index contributed by atoms with van der Waals surface area (Å²) in [5.74, 6) is -11.8. The van der Waals surface area contributed by atoms with E-state index in [0.717, 1.165) is 14.1 Å². The summed E-state index contributed by atoms with van der Waals surface area (Å²) in [5, 5.41) is 0. The molecule has 0 unspecified atom stereocenters. The Morgan fingerprint density at radius 2 is 1.06 bits per heavy atom. The van der Waals surface area contributed by atoms with E-state index in [9.17, 15) is 30.4 Å². The second-order valence-corrected chi connectivity index (χ2v) is 5.28. The molecule has 0 aromatic heterocycles. The van der Waals surface area contributed by atoms with E-state index in [2.05, 4.69) is 0 Å². The van der Waals surface area contributed by atoms with Gasteiger partial charge in [0.15, 0.2) is 28.2 Å². The molecule has 9 heteroatoms. The van der Waals surface area contributed by atoms with Crippen molar-refractivity contribution in [2.24, 2.45) is 0 Å². The lowest BCUT2D eigenvalue weighted by molar-refractivity contribution is 0.355. The SMILES string of the molecule is CN(C)S(=O)(=O)c1c(F)c(F)c(F)c(F)c1F. The molecule has 1 aromatic rings. The lowest BCUT2D eigenvalue weighted by Gasteiger charge is -2.13. The Kier molecular flexibility index (Phi) is 3.44. The standard InChI is InChI=1S/C8H6F5NO2S/c1-14(2)17(15,16)8-6(12)4(10)3(9)5(11)7(8)13/h1-2H3. The molecule has 17 heavy (non-hydrogen) atoms. The van der Waals surface area contributed by atoms with Gasteiger partial charge in [-0.3, -0.25) is 0 Å². The van der Waals surface area contributed by atoms with Crippen molar-refractivity contribution in [3.8, 4) is 0 Å². The second kappa shape index (κ2) is 4.22. The number of halogens is 5. The summed E-state index contributed by atoms with van der Waals surface area (Å²) in [6.07, 6.45) is 0. The molecule has 0 aliphatic carbocycles. The van der Waals surface area contributed by atoms with E-state index in [1.807, 2.05) is 0 Å². The molecule has 0 amide bonds. The monoisotopic (exact) mass is 275 g/mol. The van der Waals surface area contributed by atoms with E-state index in [1.165, 1.54) is 0 Å². The third kappa shape index (κ3) is 2.00. The van der Waals surface area contributed by atoms with Crippen molar-refractivity contribution < 1.29 is 30.4 Å². The van der Waals surface area contributed by atoms with Gasteiger partial charge in [-0.15, -0.1) is 0 Å². The van der Waals surface area contributed by atoms with E-state index in [1.54, 1.807) is 0 Å². The number of hydrogen-bond donors (Lipinski definition) is 0. The molecule has 0 radical (unpaired) electrons. The number of hydrogen-bond acceptors (Lipinski definition) is 2. The Balaban J connectivity index is 3.80. The zero-order chi connectivity index (χ0) is 13.5. The van der Waals surface area contributed by atoms with Crippen LogP contribution in [-0.2, 0) is 10.0 Å². The Morgan fingerprint density at radius 1 is 0.765 bits per heavy atom. The van der Waals surface area contributed by atoms with E-state index >= 15 is 0 Å². The fourth-order valence-corrected chi connectivity index (χ4v) is 1.99. The largest absolute Gasteiger partial charge is 0.248 e. The number of benzene rings is 1. The van der Waals surface area contributed by atoms with Crippen LogP contribution < -0.4 is 0 Å². The van der Waals surface area contributed by atoms with Crippen molar-refractivity contribution in [3.05, 3.63) is 29.1 Å². The molecule has 0 aliphatic heterocycles. The maximum Gasteiger partial charge on any atom is 0.248 e. The molecule has 1 rings (SSSR count). The molecular weight excluding hydrogens is 269 g/mol. The summed E-state index contributed by atoms with van der Waals surface area (Å²) in [5.41, 5.74) is 0. The number of sulfonamides is 1. The van der Waals surface area contributed by atoms with Crippen LogP contribution in [-0.4, -0.2) is 26.8 Å². The number of nitrogens with zero attached hydrogens (tertiary/aromatic N) is 1. The fourth-order valence-electron chi connectivity index (χ4n) is 0.994. The Morgan fingerprint density at radius 3 is 1.35 bits per heavy atom. The van der Waals surface area contributed by atoms with Gasteiger partial charge in [0.2, 0.25) is 15.8 Å². The Labute approximate surface area is 93.5 Å². The van der Waals surface area contributed by atoms with Gasteiger partial charge in [-0.25, -0.2) is 34.7 Å². The van der Waals surface area contributed by atoms with Gasteiger partial charge in [-0.1, -0.05) is 0 Å². The van der Waals surface area contributed by atoms with Crippen molar-refractivity contribution >= 4 is 10.0 Å². The zero-order valence-corrected chi connectivity index (χ0v) is 9.38. The molecule has 0 spiro atoms. The van der Waals surface area contributed by atoms with Crippen LogP contribution in [0.1, 0.15) is 0 Å². The summed E-state index contributed by atoms with van der Waals surface area (Å²) < 4.78 is 87.5. The lowest BCUT2D eigenvalue weighted by atomic mass is 10.3. The average molecular weight is 275 g/mol. The first-order valence-electron chi connectivity index (χ1n) is 4.06. The van der Waals surface area contributed by atoms with Crippen molar-refractivity contribution in [1.82, 2.24) is 4.31 Å². The maximum absolute atomic E-state index is 13.1. The smallest absolute Gasteiger partial charge is 0.207 e. The Hall–Kier alpha value is -1.22. The molecule has 0 heterocycles. The molecule has 3 nitrogen and oxygen atoms in total. The third-order valence-corrected chi connectivity index (χ3v) is 3.74. The van der Waals surface area contributed by atoms with Crippen molar-refractivity contribution in [2.75, 3.05) is 14.1 Å². The molecule has 0 saturated heterocycles. The predicted octanol–water partition coefficient (Wildman–Crippen LogP) is 1.63. The minimum Gasteiger partial charge on any atom is -0.207 e. The number of rotatable bonds is 2. The lowest BCUT2D eigenvalue weighted by Crippen LogP contribution is -2.26. The van der Waals surface area contributed by atoms with E-state index in [0.29, 0.717) is 4.31 Å². The molecule has 96 valence electrons. The van der Waals surface area contributed by atoms with Crippen LogP contribution in [0.2, 0.25) is 0 Å². The molecule has 0 saturated carbocycles. The summed E-state index contributed by atoms with van der Waals surface area (Å²) >= 11 is 0. The highest BCUT2D eigenvalue weighted by molar-refractivity contribution is 7.89. The topological polar surface area (TPSA) is 37.4 Å². The summed E-state index contributed by atoms with van der Waals surface area (Å²) in [6, 6.07) is 0. The van der Waals surface area contributed by atoms with E-state index < -0.39 is 44.0 Å². The van der Waals surface area contributed by atoms with Crippen LogP contribution in [0.5, 0.6) is 0 Å². The van der Waals surface area contributed by atoms with Gasteiger partial charge in [-0.2, -0.15) is 0 Å². The fraction of sp³-hybridized carbons (Fsp3) is 0.250. The van der Waals surface area contributed by atoms with Crippen LogP contribution in [0.3, 0.4) is 0 Å². The van der Waals surface area contributed by atoms with E-state index in [-0.39, 0.29) is 0 Å². The van der Waals surface area contributed by atoms with E-state index in [4.69, 9.17) is 0 Å². The summed E-state index contributed by atoms with van der Waals surface area (Å²) in [4.78, 5) is -1.86. The van der Waals surface area contributed by atoms with Crippen molar-refractivity contribution in [2.45, 2.75) is 4.90 Å². The third-order valence-electron chi connectivity index (χ3n) is 1.91. The van der Waals surface area contributed by atoms with Crippen LogP contribution >= 0.6 is 0 Å². The summed E-state index contributed by atoms with van der Waals surface area (Å²) in [7, 11) is -2.97.